The second kappa shape index (κ2) is 5.66. The molecular formula is C11H8BrClN2O5S. The van der Waals surface area contributed by atoms with Crippen LogP contribution in [0.15, 0.2) is 32.3 Å². The highest BCUT2D eigenvalue weighted by atomic mass is 79.9. The molecular weight excluding hydrogens is 388 g/mol. The topological polar surface area (TPSA) is 110 Å². The number of nitrogens with one attached hydrogen (secondary N) is 1. The Balaban J connectivity index is 2.43. The van der Waals surface area contributed by atoms with Gasteiger partial charge in [0.05, 0.1) is 5.69 Å². The number of rotatable bonds is 4. The Labute approximate surface area is 133 Å². The summed E-state index contributed by atoms with van der Waals surface area (Å²) in [5.41, 5.74) is 0.788. The third-order valence-electron chi connectivity index (χ3n) is 2.38. The monoisotopic (exact) mass is 394 g/mol. The number of halogens is 2. The summed E-state index contributed by atoms with van der Waals surface area (Å²) in [7, 11) is -4.07. The number of hydrogen-bond acceptors (Lipinski definition) is 5. The molecule has 10 heteroatoms. The van der Waals surface area contributed by atoms with Crippen LogP contribution in [0.3, 0.4) is 0 Å². The number of hydrogen-bond donors (Lipinski definition) is 2. The summed E-state index contributed by atoms with van der Waals surface area (Å²) in [6, 6.07) is 2.39. The number of furan rings is 1. The first-order valence-electron chi connectivity index (χ1n) is 5.38. The Bertz CT molecular complexity index is 818. The Hall–Kier alpha value is -1.58. The molecule has 0 aliphatic heterocycles. The lowest BCUT2D eigenvalue weighted by Crippen LogP contribution is -2.13. The van der Waals surface area contributed by atoms with Crippen molar-refractivity contribution in [1.82, 2.24) is 4.98 Å². The molecule has 7 nitrogen and oxygen atoms in total. The van der Waals surface area contributed by atoms with Crippen molar-refractivity contribution < 1.29 is 22.7 Å². The van der Waals surface area contributed by atoms with Gasteiger partial charge in [-0.25, -0.2) is 18.2 Å². The summed E-state index contributed by atoms with van der Waals surface area (Å²) >= 11 is 8.69. The van der Waals surface area contributed by atoms with Crippen LogP contribution in [0.2, 0.25) is 5.15 Å². The highest BCUT2D eigenvalue weighted by Crippen LogP contribution is 2.29. The van der Waals surface area contributed by atoms with Crippen LogP contribution in [-0.4, -0.2) is 24.5 Å². The van der Waals surface area contributed by atoms with E-state index < -0.39 is 21.8 Å². The number of carboxylic acid groups (broad SMARTS) is 1. The molecule has 0 aliphatic rings. The maximum atomic E-state index is 12.2. The zero-order valence-electron chi connectivity index (χ0n) is 10.4. The molecule has 0 aromatic carbocycles. The molecule has 0 saturated heterocycles. The molecule has 0 unspecified atom stereocenters. The molecule has 21 heavy (non-hydrogen) atoms. The number of aryl methyl sites for hydroxylation is 1. The summed E-state index contributed by atoms with van der Waals surface area (Å²) in [6.45, 7) is 1.72. The number of aromatic nitrogens is 1. The van der Waals surface area contributed by atoms with Crippen molar-refractivity contribution in [1.29, 1.82) is 0 Å². The zero-order valence-corrected chi connectivity index (χ0v) is 13.6. The van der Waals surface area contributed by atoms with Gasteiger partial charge in [-0.2, -0.15) is 0 Å². The molecule has 2 rings (SSSR count). The van der Waals surface area contributed by atoms with Crippen LogP contribution >= 0.6 is 27.5 Å². The maximum Gasteiger partial charge on any atom is 0.371 e. The molecule has 0 fully saturated rings. The van der Waals surface area contributed by atoms with E-state index in [0.29, 0.717) is 5.56 Å². The average molecular weight is 396 g/mol. The first kappa shape index (κ1) is 15.8. The van der Waals surface area contributed by atoms with E-state index in [1.807, 2.05) is 0 Å². The lowest BCUT2D eigenvalue weighted by molar-refractivity contribution is 0.0661. The summed E-state index contributed by atoms with van der Waals surface area (Å²) < 4.78 is 31.3. The van der Waals surface area contributed by atoms with Gasteiger partial charge >= 0.3 is 5.97 Å². The van der Waals surface area contributed by atoms with E-state index in [4.69, 9.17) is 21.1 Å². The fourth-order valence-corrected chi connectivity index (χ4v) is 3.67. The SMILES string of the molecule is Cc1cnc(Cl)c(NS(=O)(=O)c2cc(C(=O)O)oc2Br)c1. The van der Waals surface area contributed by atoms with Gasteiger partial charge in [0.1, 0.15) is 4.90 Å². The molecule has 0 amide bonds. The van der Waals surface area contributed by atoms with Gasteiger partial charge in [0.15, 0.2) is 9.82 Å². The molecule has 0 saturated carbocycles. The van der Waals surface area contributed by atoms with Crippen molar-refractivity contribution in [2.75, 3.05) is 4.72 Å². The van der Waals surface area contributed by atoms with E-state index in [1.165, 1.54) is 12.3 Å². The van der Waals surface area contributed by atoms with Gasteiger partial charge in [0.25, 0.3) is 10.0 Å². The Morgan fingerprint density at radius 2 is 2.14 bits per heavy atom. The van der Waals surface area contributed by atoms with Gasteiger partial charge in [-0.3, -0.25) is 4.72 Å². The third kappa shape index (κ3) is 3.36. The van der Waals surface area contributed by atoms with Crippen LogP contribution in [0.25, 0.3) is 0 Å². The van der Waals surface area contributed by atoms with Crippen LogP contribution < -0.4 is 4.72 Å². The Morgan fingerprint density at radius 1 is 1.48 bits per heavy atom. The minimum absolute atomic E-state index is 0.0257. The Kier molecular flexibility index (Phi) is 4.26. The molecule has 0 atom stereocenters. The number of carboxylic acids is 1. The van der Waals surface area contributed by atoms with Crippen molar-refractivity contribution in [3.8, 4) is 0 Å². The van der Waals surface area contributed by atoms with Crippen molar-refractivity contribution in [3.05, 3.63) is 39.5 Å². The first-order valence-corrected chi connectivity index (χ1v) is 8.03. The van der Waals surface area contributed by atoms with Crippen LogP contribution in [-0.2, 0) is 10.0 Å². The maximum absolute atomic E-state index is 12.2. The van der Waals surface area contributed by atoms with Crippen LogP contribution in [0.1, 0.15) is 16.1 Å². The smallest absolute Gasteiger partial charge is 0.371 e. The highest BCUT2D eigenvalue weighted by molar-refractivity contribution is 9.10. The summed E-state index contributed by atoms with van der Waals surface area (Å²) in [5.74, 6) is -1.89. The molecule has 2 aromatic rings. The fourth-order valence-electron chi connectivity index (χ4n) is 1.46. The predicted octanol–water partition coefficient (Wildman–Crippen LogP) is 2.90. The molecule has 0 bridgehead atoms. The van der Waals surface area contributed by atoms with Gasteiger partial charge in [-0.15, -0.1) is 0 Å². The van der Waals surface area contributed by atoms with Crippen molar-refractivity contribution in [2.24, 2.45) is 0 Å². The standard InChI is InChI=1S/C11H8BrClN2O5S/c1-5-2-6(10(13)14-4-5)15-21(18,19)8-3-7(11(16)17)20-9(8)12/h2-4,15H,1H3,(H,16,17). The second-order valence-corrected chi connectivity index (χ2v) is 6.74. The van der Waals surface area contributed by atoms with Gasteiger partial charge in [0.2, 0.25) is 5.76 Å². The number of anilines is 1. The van der Waals surface area contributed by atoms with E-state index in [2.05, 4.69) is 25.6 Å². The summed E-state index contributed by atoms with van der Waals surface area (Å²) in [5, 5.41) is 8.77. The van der Waals surface area contributed by atoms with Gasteiger partial charge in [-0.05, 0) is 34.5 Å². The first-order chi connectivity index (χ1) is 9.70. The van der Waals surface area contributed by atoms with E-state index in [-0.39, 0.29) is 20.4 Å². The van der Waals surface area contributed by atoms with E-state index in [9.17, 15) is 13.2 Å². The molecule has 0 aliphatic carbocycles. The van der Waals surface area contributed by atoms with Crippen LogP contribution in [0.4, 0.5) is 5.69 Å². The van der Waals surface area contributed by atoms with Crippen LogP contribution in [0, 0.1) is 6.92 Å². The second-order valence-electron chi connectivity index (χ2n) is 4.01. The zero-order chi connectivity index (χ0) is 15.8. The number of aromatic carboxylic acids is 1. The van der Waals surface area contributed by atoms with E-state index in [0.717, 1.165) is 6.07 Å². The molecule has 2 aromatic heterocycles. The summed E-state index contributed by atoms with van der Waals surface area (Å²) in [6.07, 6.45) is 1.48. The normalized spacial score (nSPS) is 11.4. The van der Waals surface area contributed by atoms with Crippen molar-refractivity contribution in [3.63, 3.8) is 0 Å². The fraction of sp³-hybridized carbons (Fsp3) is 0.0909. The lowest BCUT2D eigenvalue weighted by atomic mass is 10.3. The largest absolute Gasteiger partial charge is 0.475 e. The quantitative estimate of drug-likeness (QED) is 0.770. The van der Waals surface area contributed by atoms with Gasteiger partial charge in [0, 0.05) is 12.3 Å². The van der Waals surface area contributed by atoms with Crippen molar-refractivity contribution in [2.45, 2.75) is 11.8 Å². The Morgan fingerprint density at radius 3 is 2.71 bits per heavy atom. The predicted molar refractivity (Wildman–Crippen MR) is 78.2 cm³/mol. The minimum atomic E-state index is -4.07. The van der Waals surface area contributed by atoms with Gasteiger partial charge in [-0.1, -0.05) is 11.6 Å². The van der Waals surface area contributed by atoms with E-state index >= 15 is 0 Å². The van der Waals surface area contributed by atoms with E-state index in [1.54, 1.807) is 6.92 Å². The lowest BCUT2D eigenvalue weighted by Gasteiger charge is -2.08. The third-order valence-corrected chi connectivity index (χ3v) is 4.90. The number of pyridine rings is 1. The summed E-state index contributed by atoms with van der Waals surface area (Å²) in [4.78, 5) is 14.3. The minimum Gasteiger partial charge on any atom is -0.475 e. The van der Waals surface area contributed by atoms with Crippen molar-refractivity contribution >= 4 is 49.2 Å². The molecule has 0 spiro atoms. The highest BCUT2D eigenvalue weighted by Gasteiger charge is 2.25. The van der Waals surface area contributed by atoms with Gasteiger partial charge < -0.3 is 9.52 Å². The molecule has 2 heterocycles. The average Bonchev–Trinajstić information content (AvgIpc) is 2.77. The molecule has 112 valence electrons. The number of carbonyl (C=O) groups is 1. The molecule has 2 N–H and O–H groups in total. The number of nitrogens with zero attached hydrogens (tertiary/aromatic N) is 1. The molecule has 0 radical (unpaired) electrons. The van der Waals surface area contributed by atoms with Crippen LogP contribution in [0.5, 0.6) is 0 Å². The number of sulfonamides is 1.